The van der Waals surface area contributed by atoms with Gasteiger partial charge in [-0.25, -0.2) is 0 Å². The first-order valence-electron chi connectivity index (χ1n) is 5.98. The fourth-order valence-electron chi connectivity index (χ4n) is 2.24. The number of Topliss-reactive ketones (excluding diaryl/α,β-unsaturated/α-hetero) is 1. The molecule has 3 heteroatoms. The quantitative estimate of drug-likeness (QED) is 0.767. The molecule has 0 spiro atoms. The van der Waals surface area contributed by atoms with Crippen molar-refractivity contribution in [3.05, 3.63) is 65.5 Å². The van der Waals surface area contributed by atoms with Gasteiger partial charge in [-0.05, 0) is 17.2 Å². The average molecular weight is 239 g/mol. The summed E-state index contributed by atoms with van der Waals surface area (Å²) in [6, 6.07) is 13.8. The van der Waals surface area contributed by atoms with Gasteiger partial charge in [-0.15, -0.1) is 0 Å². The maximum Gasteiger partial charge on any atom is 0.207 e. The van der Waals surface area contributed by atoms with E-state index in [4.69, 9.17) is 4.74 Å². The van der Waals surface area contributed by atoms with Crippen LogP contribution in [-0.2, 0) is 11.2 Å². The van der Waals surface area contributed by atoms with Crippen LogP contribution in [0, 0.1) is 0 Å². The summed E-state index contributed by atoms with van der Waals surface area (Å²) in [5, 5.41) is 0. The molecule has 1 aromatic heterocycles. The van der Waals surface area contributed by atoms with E-state index in [-0.39, 0.29) is 18.5 Å². The van der Waals surface area contributed by atoms with Crippen LogP contribution in [0.15, 0.2) is 48.7 Å². The van der Waals surface area contributed by atoms with Crippen LogP contribution in [-0.4, -0.2) is 17.4 Å². The Bertz CT molecular complexity index is 566. The molecule has 0 saturated heterocycles. The number of benzene rings is 1. The number of aromatic nitrogens is 1. The van der Waals surface area contributed by atoms with Crippen molar-refractivity contribution in [3.8, 4) is 0 Å². The molecule has 3 rings (SSSR count). The highest BCUT2D eigenvalue weighted by molar-refractivity contribution is 5.96. The summed E-state index contributed by atoms with van der Waals surface area (Å²) < 4.78 is 5.69. The fourth-order valence-corrected chi connectivity index (χ4v) is 2.24. The van der Waals surface area contributed by atoms with Gasteiger partial charge < -0.3 is 4.74 Å². The number of rotatable bonds is 1. The summed E-state index contributed by atoms with van der Waals surface area (Å²) in [5.74, 6) is -0.0379. The topological polar surface area (TPSA) is 39.2 Å². The van der Waals surface area contributed by atoms with Gasteiger partial charge >= 0.3 is 0 Å². The Morgan fingerprint density at radius 1 is 1.11 bits per heavy atom. The lowest BCUT2D eigenvalue weighted by molar-refractivity contribution is 0.0488. The highest BCUT2D eigenvalue weighted by atomic mass is 16.5. The van der Waals surface area contributed by atoms with E-state index < -0.39 is 0 Å². The van der Waals surface area contributed by atoms with E-state index in [2.05, 4.69) is 4.98 Å². The van der Waals surface area contributed by atoms with Gasteiger partial charge in [-0.3, -0.25) is 9.78 Å². The summed E-state index contributed by atoms with van der Waals surface area (Å²) in [5.41, 5.74) is 2.62. The van der Waals surface area contributed by atoms with Crippen LogP contribution in [0.4, 0.5) is 0 Å². The van der Waals surface area contributed by atoms with E-state index in [1.807, 2.05) is 42.5 Å². The molecule has 2 aromatic rings. The number of hydrogen-bond donors (Lipinski definition) is 0. The van der Waals surface area contributed by atoms with Crippen LogP contribution >= 0.6 is 0 Å². The highest BCUT2D eigenvalue weighted by Gasteiger charge is 2.23. The van der Waals surface area contributed by atoms with Crippen LogP contribution in [0.2, 0.25) is 0 Å². The number of carbonyl (C=O) groups is 1. The lowest BCUT2D eigenvalue weighted by Crippen LogP contribution is -2.10. The van der Waals surface area contributed by atoms with E-state index in [1.54, 1.807) is 6.20 Å². The molecule has 0 N–H and O–H groups in total. The van der Waals surface area contributed by atoms with Gasteiger partial charge in [0.1, 0.15) is 12.3 Å². The largest absolute Gasteiger partial charge is 0.365 e. The first kappa shape index (κ1) is 11.1. The maximum atomic E-state index is 11.9. The molecule has 0 saturated carbocycles. The van der Waals surface area contributed by atoms with Crippen molar-refractivity contribution < 1.29 is 9.53 Å². The van der Waals surface area contributed by atoms with E-state index in [9.17, 15) is 4.79 Å². The second-order valence-corrected chi connectivity index (χ2v) is 4.35. The molecule has 0 aliphatic carbocycles. The minimum absolute atomic E-state index is 0.0379. The summed E-state index contributed by atoms with van der Waals surface area (Å²) in [4.78, 5) is 16.1. The molecule has 0 fully saturated rings. The van der Waals surface area contributed by atoms with Crippen molar-refractivity contribution in [2.24, 2.45) is 0 Å². The highest BCUT2D eigenvalue weighted by Crippen LogP contribution is 2.26. The van der Waals surface area contributed by atoms with Crippen molar-refractivity contribution in [1.82, 2.24) is 4.98 Å². The third-order valence-electron chi connectivity index (χ3n) is 3.15. The molecule has 1 aromatic carbocycles. The zero-order valence-corrected chi connectivity index (χ0v) is 9.87. The van der Waals surface area contributed by atoms with Crippen LogP contribution in [0.3, 0.4) is 0 Å². The number of ether oxygens (including phenoxy) is 1. The molecule has 18 heavy (non-hydrogen) atoms. The molecular formula is C15H13NO2. The van der Waals surface area contributed by atoms with Crippen LogP contribution in [0.1, 0.15) is 27.7 Å². The maximum absolute atomic E-state index is 11.9. The summed E-state index contributed by atoms with van der Waals surface area (Å²) >= 11 is 0. The smallest absolute Gasteiger partial charge is 0.207 e. The number of fused-ring (bicyclic) bond motifs is 1. The lowest BCUT2D eigenvalue weighted by Gasteiger charge is -2.14. The van der Waals surface area contributed by atoms with E-state index in [0.717, 1.165) is 11.1 Å². The van der Waals surface area contributed by atoms with Gasteiger partial charge in [-0.1, -0.05) is 36.4 Å². The predicted molar refractivity (Wildman–Crippen MR) is 67.4 cm³/mol. The number of hydrogen-bond acceptors (Lipinski definition) is 3. The molecule has 3 nitrogen and oxygen atoms in total. The Labute approximate surface area is 105 Å². The zero-order valence-electron chi connectivity index (χ0n) is 9.87. The second-order valence-electron chi connectivity index (χ2n) is 4.35. The molecule has 0 bridgehead atoms. The van der Waals surface area contributed by atoms with E-state index in [1.165, 1.54) is 0 Å². The monoisotopic (exact) mass is 239 g/mol. The standard InChI is InChI=1S/C15H13NO2/c17-13-10-18-14(11-5-2-1-3-6-11)9-12-7-4-8-16-15(12)13/h1-8,14H,9-10H2. The van der Waals surface area contributed by atoms with Gasteiger partial charge in [0.2, 0.25) is 5.78 Å². The minimum Gasteiger partial charge on any atom is -0.365 e. The van der Waals surface area contributed by atoms with Crippen molar-refractivity contribution in [2.45, 2.75) is 12.5 Å². The fraction of sp³-hybridized carbons (Fsp3) is 0.200. The summed E-state index contributed by atoms with van der Waals surface area (Å²) in [6.45, 7) is 0.101. The lowest BCUT2D eigenvalue weighted by atomic mass is 10.0. The average Bonchev–Trinajstić information content (AvgIpc) is 2.60. The van der Waals surface area contributed by atoms with Crippen molar-refractivity contribution in [1.29, 1.82) is 0 Å². The third-order valence-corrected chi connectivity index (χ3v) is 3.15. The number of ketones is 1. The first-order valence-corrected chi connectivity index (χ1v) is 5.98. The molecule has 1 aliphatic heterocycles. The third kappa shape index (κ3) is 2.05. The Kier molecular flexibility index (Phi) is 2.90. The van der Waals surface area contributed by atoms with Crippen molar-refractivity contribution >= 4 is 5.78 Å². The summed E-state index contributed by atoms with van der Waals surface area (Å²) in [7, 11) is 0. The van der Waals surface area contributed by atoms with Crippen LogP contribution in [0.25, 0.3) is 0 Å². The molecule has 1 atom stereocenters. The molecule has 1 aliphatic rings. The van der Waals surface area contributed by atoms with Gasteiger partial charge in [0.15, 0.2) is 0 Å². The van der Waals surface area contributed by atoms with Crippen LogP contribution < -0.4 is 0 Å². The molecule has 90 valence electrons. The second kappa shape index (κ2) is 4.70. The number of pyridine rings is 1. The Morgan fingerprint density at radius 2 is 1.94 bits per heavy atom. The first-order chi connectivity index (χ1) is 8.84. The minimum atomic E-state index is -0.0689. The predicted octanol–water partition coefficient (Wildman–Crippen LogP) is 2.58. The molecule has 2 heterocycles. The zero-order chi connectivity index (χ0) is 12.4. The number of carbonyl (C=O) groups excluding carboxylic acids is 1. The molecule has 0 radical (unpaired) electrons. The summed E-state index contributed by atoms with van der Waals surface area (Å²) in [6.07, 6.45) is 2.28. The SMILES string of the molecule is O=C1COC(c2ccccc2)Cc2cccnc21. The molecule has 0 amide bonds. The van der Waals surface area contributed by atoms with Gasteiger partial charge in [0.25, 0.3) is 0 Å². The van der Waals surface area contributed by atoms with Crippen molar-refractivity contribution in [3.63, 3.8) is 0 Å². The van der Waals surface area contributed by atoms with Crippen molar-refractivity contribution in [2.75, 3.05) is 6.61 Å². The van der Waals surface area contributed by atoms with Gasteiger partial charge in [0.05, 0.1) is 6.10 Å². The van der Waals surface area contributed by atoms with Crippen LogP contribution in [0.5, 0.6) is 0 Å². The Hall–Kier alpha value is -2.00. The van der Waals surface area contributed by atoms with E-state index in [0.29, 0.717) is 12.1 Å². The normalized spacial score (nSPS) is 19.1. The van der Waals surface area contributed by atoms with Gasteiger partial charge in [0, 0.05) is 12.6 Å². The number of nitrogens with zero attached hydrogens (tertiary/aromatic N) is 1. The molecule has 1 unspecified atom stereocenters. The van der Waals surface area contributed by atoms with E-state index >= 15 is 0 Å². The Morgan fingerprint density at radius 3 is 2.78 bits per heavy atom. The Balaban J connectivity index is 1.97. The molecular weight excluding hydrogens is 226 g/mol. The van der Waals surface area contributed by atoms with Gasteiger partial charge in [-0.2, -0.15) is 0 Å².